The normalized spacial score (nSPS) is 11.4. The number of likely N-dealkylation sites (N-methyl/N-ethyl adjacent to an activating group) is 1. The first kappa shape index (κ1) is 19.2. The Kier molecular flexibility index (Phi) is 6.29. The molecule has 0 aliphatic rings. The van der Waals surface area contributed by atoms with Crippen LogP contribution in [0.4, 0.5) is 0 Å². The van der Waals surface area contributed by atoms with Crippen LogP contribution in [-0.2, 0) is 0 Å². The van der Waals surface area contributed by atoms with Gasteiger partial charge in [0.2, 0.25) is 5.71 Å². The molecule has 0 radical (unpaired) electrons. The van der Waals surface area contributed by atoms with Crippen LogP contribution in [0.5, 0.6) is 5.75 Å². The Bertz CT molecular complexity index is 920. The van der Waals surface area contributed by atoms with E-state index in [1.807, 2.05) is 24.3 Å². The summed E-state index contributed by atoms with van der Waals surface area (Å²) in [6.07, 6.45) is 2.35. The third-order valence-electron chi connectivity index (χ3n) is 4.72. The predicted octanol–water partition coefficient (Wildman–Crippen LogP) is 3.84. The Labute approximate surface area is 159 Å². The molecule has 1 amide bonds. The van der Waals surface area contributed by atoms with Crippen LogP contribution in [0, 0.1) is 0 Å². The monoisotopic (exact) mass is 369 g/mol. The molecule has 144 valence electrons. The van der Waals surface area contributed by atoms with Crippen molar-refractivity contribution in [2.45, 2.75) is 26.7 Å². The molecular weight excluding hydrogens is 342 g/mol. The van der Waals surface area contributed by atoms with E-state index in [9.17, 15) is 4.79 Å². The van der Waals surface area contributed by atoms with Gasteiger partial charge >= 0.3 is 0 Å². The standard InChI is InChI=1S/C21H27N3O3/c1-4-6-10-24(5-2)11-9-22-20(25)19-13-16-12-15-7-8-17(26-3)14-18(15)23-21(16)27-19/h7-8,12-14H,4-6,9-11H2,1-3H3,(H,22,25). The van der Waals surface area contributed by atoms with E-state index in [-0.39, 0.29) is 11.7 Å². The third kappa shape index (κ3) is 4.57. The minimum atomic E-state index is -0.207. The Morgan fingerprint density at radius 2 is 2.04 bits per heavy atom. The molecule has 0 atom stereocenters. The Morgan fingerprint density at radius 3 is 2.78 bits per heavy atom. The summed E-state index contributed by atoms with van der Waals surface area (Å²) in [4.78, 5) is 19.3. The summed E-state index contributed by atoms with van der Waals surface area (Å²) in [7, 11) is 1.62. The number of hydrogen-bond acceptors (Lipinski definition) is 5. The zero-order valence-electron chi connectivity index (χ0n) is 16.2. The predicted molar refractivity (Wildman–Crippen MR) is 107 cm³/mol. The van der Waals surface area contributed by atoms with Gasteiger partial charge in [-0.2, -0.15) is 0 Å². The van der Waals surface area contributed by atoms with E-state index < -0.39 is 0 Å². The summed E-state index contributed by atoms with van der Waals surface area (Å²) in [5.41, 5.74) is 1.23. The Hall–Kier alpha value is -2.60. The Balaban J connectivity index is 1.68. The molecule has 0 saturated heterocycles. The number of nitrogens with zero attached hydrogens (tertiary/aromatic N) is 2. The lowest BCUT2D eigenvalue weighted by molar-refractivity contribution is 0.0922. The van der Waals surface area contributed by atoms with Crippen molar-refractivity contribution in [2.24, 2.45) is 0 Å². The molecule has 3 aromatic rings. The number of methoxy groups -OCH3 is 1. The number of rotatable bonds is 9. The maximum atomic E-state index is 12.4. The highest BCUT2D eigenvalue weighted by Crippen LogP contribution is 2.25. The number of carbonyl (C=O) groups excluding carboxylic acids is 1. The number of ether oxygens (including phenoxy) is 1. The van der Waals surface area contributed by atoms with Crippen LogP contribution in [0.25, 0.3) is 22.0 Å². The average Bonchev–Trinajstić information content (AvgIpc) is 3.11. The number of fused-ring (bicyclic) bond motifs is 2. The summed E-state index contributed by atoms with van der Waals surface area (Å²) in [5, 5.41) is 4.73. The van der Waals surface area contributed by atoms with Gasteiger partial charge in [0.05, 0.1) is 12.6 Å². The quantitative estimate of drug-likeness (QED) is 0.621. The smallest absolute Gasteiger partial charge is 0.287 e. The van der Waals surface area contributed by atoms with Crippen molar-refractivity contribution in [3.8, 4) is 5.75 Å². The van der Waals surface area contributed by atoms with Crippen LogP contribution >= 0.6 is 0 Å². The van der Waals surface area contributed by atoms with Gasteiger partial charge in [-0.1, -0.05) is 20.3 Å². The van der Waals surface area contributed by atoms with Crippen LogP contribution in [0.15, 0.2) is 34.7 Å². The van der Waals surface area contributed by atoms with Crippen LogP contribution in [-0.4, -0.2) is 49.1 Å². The molecule has 6 heteroatoms. The molecule has 2 aromatic heterocycles. The van der Waals surface area contributed by atoms with Gasteiger partial charge in [0.25, 0.3) is 5.91 Å². The van der Waals surface area contributed by atoms with Crippen LogP contribution in [0.1, 0.15) is 37.2 Å². The summed E-state index contributed by atoms with van der Waals surface area (Å²) >= 11 is 0. The van der Waals surface area contributed by atoms with Crippen LogP contribution in [0.3, 0.4) is 0 Å². The number of carbonyl (C=O) groups is 1. The number of pyridine rings is 1. The van der Waals surface area contributed by atoms with Gasteiger partial charge in [0.1, 0.15) is 5.75 Å². The molecule has 0 unspecified atom stereocenters. The molecule has 1 N–H and O–H groups in total. The number of amides is 1. The molecule has 0 bridgehead atoms. The van der Waals surface area contributed by atoms with Crippen molar-refractivity contribution in [1.29, 1.82) is 0 Å². The second-order valence-electron chi connectivity index (χ2n) is 6.60. The van der Waals surface area contributed by atoms with E-state index in [1.165, 1.54) is 12.8 Å². The molecule has 0 aliphatic heterocycles. The first-order chi connectivity index (χ1) is 13.1. The third-order valence-corrected chi connectivity index (χ3v) is 4.72. The summed E-state index contributed by atoms with van der Waals surface area (Å²) in [6, 6.07) is 9.41. The molecule has 0 fully saturated rings. The maximum absolute atomic E-state index is 12.4. The van der Waals surface area contributed by atoms with Gasteiger partial charge in [0.15, 0.2) is 5.76 Å². The van der Waals surface area contributed by atoms with Crippen molar-refractivity contribution >= 4 is 27.9 Å². The lowest BCUT2D eigenvalue weighted by Gasteiger charge is -2.19. The lowest BCUT2D eigenvalue weighted by Crippen LogP contribution is -2.35. The van der Waals surface area contributed by atoms with Gasteiger partial charge in [-0.3, -0.25) is 4.79 Å². The van der Waals surface area contributed by atoms with Crippen molar-refractivity contribution < 1.29 is 13.9 Å². The number of benzene rings is 1. The molecule has 6 nitrogen and oxygen atoms in total. The van der Waals surface area contributed by atoms with Crippen molar-refractivity contribution in [3.05, 3.63) is 36.1 Å². The molecule has 0 saturated carbocycles. The van der Waals surface area contributed by atoms with Crippen LogP contribution in [0.2, 0.25) is 0 Å². The van der Waals surface area contributed by atoms with Crippen molar-refractivity contribution in [1.82, 2.24) is 15.2 Å². The van der Waals surface area contributed by atoms with E-state index in [4.69, 9.17) is 9.15 Å². The van der Waals surface area contributed by atoms with E-state index in [1.54, 1.807) is 13.2 Å². The van der Waals surface area contributed by atoms with Gasteiger partial charge in [-0.25, -0.2) is 4.98 Å². The van der Waals surface area contributed by atoms with E-state index in [0.29, 0.717) is 12.3 Å². The van der Waals surface area contributed by atoms with Gasteiger partial charge in [0, 0.05) is 29.9 Å². The first-order valence-electron chi connectivity index (χ1n) is 9.53. The maximum Gasteiger partial charge on any atom is 0.287 e. The Morgan fingerprint density at radius 1 is 1.19 bits per heavy atom. The number of nitrogens with one attached hydrogen (secondary N) is 1. The van der Waals surface area contributed by atoms with Gasteiger partial charge in [-0.05, 0) is 43.8 Å². The molecule has 2 heterocycles. The molecule has 3 rings (SSSR count). The van der Waals surface area contributed by atoms with E-state index >= 15 is 0 Å². The highest BCUT2D eigenvalue weighted by atomic mass is 16.5. The highest BCUT2D eigenvalue weighted by molar-refractivity contribution is 5.98. The number of aromatic nitrogens is 1. The summed E-state index contributed by atoms with van der Waals surface area (Å²) < 4.78 is 10.9. The first-order valence-corrected chi connectivity index (χ1v) is 9.53. The van der Waals surface area contributed by atoms with Gasteiger partial charge in [-0.15, -0.1) is 0 Å². The fraction of sp³-hybridized carbons (Fsp3) is 0.429. The largest absolute Gasteiger partial charge is 0.497 e. The number of furan rings is 1. The van der Waals surface area contributed by atoms with E-state index in [0.717, 1.165) is 41.7 Å². The van der Waals surface area contributed by atoms with E-state index in [2.05, 4.69) is 29.0 Å². The average molecular weight is 369 g/mol. The molecule has 1 aromatic carbocycles. The molecule has 0 spiro atoms. The topological polar surface area (TPSA) is 67.6 Å². The van der Waals surface area contributed by atoms with Crippen molar-refractivity contribution in [3.63, 3.8) is 0 Å². The molecular formula is C21H27N3O3. The zero-order valence-corrected chi connectivity index (χ0v) is 16.2. The lowest BCUT2D eigenvalue weighted by atomic mass is 10.2. The SMILES string of the molecule is CCCCN(CC)CCNC(=O)c1cc2cc3ccc(OC)cc3nc2o1. The number of unbranched alkanes of at least 4 members (excludes halogenated alkanes) is 1. The van der Waals surface area contributed by atoms with Crippen LogP contribution < -0.4 is 10.1 Å². The van der Waals surface area contributed by atoms with Gasteiger partial charge < -0.3 is 19.4 Å². The second kappa shape index (κ2) is 8.86. The molecule has 27 heavy (non-hydrogen) atoms. The fourth-order valence-corrected chi connectivity index (χ4v) is 3.07. The zero-order chi connectivity index (χ0) is 19.2. The second-order valence-corrected chi connectivity index (χ2v) is 6.60. The minimum absolute atomic E-state index is 0.207. The summed E-state index contributed by atoms with van der Waals surface area (Å²) in [5.74, 6) is 0.819. The van der Waals surface area contributed by atoms with Crippen molar-refractivity contribution in [2.75, 3.05) is 33.3 Å². The minimum Gasteiger partial charge on any atom is -0.497 e. The summed E-state index contributed by atoms with van der Waals surface area (Å²) in [6.45, 7) is 7.81. The highest BCUT2D eigenvalue weighted by Gasteiger charge is 2.14. The number of hydrogen-bond donors (Lipinski definition) is 1. The fourth-order valence-electron chi connectivity index (χ4n) is 3.07. The molecule has 0 aliphatic carbocycles.